The van der Waals surface area contributed by atoms with E-state index in [2.05, 4.69) is 10.2 Å². The number of aromatic nitrogens is 3. The molecule has 0 saturated heterocycles. The summed E-state index contributed by atoms with van der Waals surface area (Å²) in [5.74, 6) is -1.10. The van der Waals surface area contributed by atoms with Crippen LogP contribution in [0.2, 0.25) is 0 Å². The Morgan fingerprint density at radius 1 is 1.14 bits per heavy atom. The summed E-state index contributed by atoms with van der Waals surface area (Å²) in [7, 11) is 1.26. The van der Waals surface area contributed by atoms with Gasteiger partial charge in [0, 0.05) is 6.07 Å². The number of nitrogens with zero attached hydrogens (tertiary/aromatic N) is 3. The van der Waals surface area contributed by atoms with Crippen LogP contribution in [0.1, 0.15) is 5.56 Å². The summed E-state index contributed by atoms with van der Waals surface area (Å²) in [6, 6.07) is 5.65. The zero-order valence-electron chi connectivity index (χ0n) is 14.6. The SMILES string of the molecule is COc1cc(-c2nnc(OC(N)=O)n2-c2cccc(C(F)(F)F)c2)c(O)cc1O. The summed E-state index contributed by atoms with van der Waals surface area (Å²) in [5, 5.41) is 27.4. The van der Waals surface area contributed by atoms with E-state index in [1.54, 1.807) is 0 Å². The van der Waals surface area contributed by atoms with Crippen molar-refractivity contribution in [3.63, 3.8) is 0 Å². The third-order valence-electron chi connectivity index (χ3n) is 3.80. The zero-order valence-corrected chi connectivity index (χ0v) is 14.6. The van der Waals surface area contributed by atoms with Crippen molar-refractivity contribution in [2.45, 2.75) is 6.18 Å². The maximum Gasteiger partial charge on any atom is 0.416 e. The minimum Gasteiger partial charge on any atom is -0.507 e. The molecule has 0 fully saturated rings. The minimum absolute atomic E-state index is 0.0474. The second-order valence-corrected chi connectivity index (χ2v) is 5.65. The number of hydrogen-bond acceptors (Lipinski definition) is 7. The maximum absolute atomic E-state index is 13.1. The number of carbonyl (C=O) groups excluding carboxylic acids is 1. The number of phenolic OH excluding ortho intramolecular Hbond substituents is 2. The van der Waals surface area contributed by atoms with Gasteiger partial charge in [0.2, 0.25) is 0 Å². The molecule has 4 N–H and O–H groups in total. The third-order valence-corrected chi connectivity index (χ3v) is 3.80. The van der Waals surface area contributed by atoms with Gasteiger partial charge in [0.05, 0.1) is 23.9 Å². The second kappa shape index (κ2) is 7.22. The van der Waals surface area contributed by atoms with Crippen LogP contribution in [-0.4, -0.2) is 38.2 Å². The Balaban J connectivity index is 2.27. The number of amides is 1. The molecule has 1 amide bonds. The molecule has 0 saturated carbocycles. The molecule has 1 aromatic heterocycles. The predicted octanol–water partition coefficient (Wildman–Crippen LogP) is 2.83. The minimum atomic E-state index is -4.64. The van der Waals surface area contributed by atoms with Crippen LogP contribution >= 0.6 is 0 Å². The van der Waals surface area contributed by atoms with Gasteiger partial charge in [0.1, 0.15) is 5.75 Å². The van der Waals surface area contributed by atoms with E-state index in [1.165, 1.54) is 19.2 Å². The zero-order chi connectivity index (χ0) is 21.3. The van der Waals surface area contributed by atoms with Crippen LogP contribution in [0.4, 0.5) is 18.0 Å². The fourth-order valence-electron chi connectivity index (χ4n) is 2.55. The lowest BCUT2D eigenvalue weighted by Crippen LogP contribution is -2.19. The van der Waals surface area contributed by atoms with E-state index in [0.717, 1.165) is 28.8 Å². The van der Waals surface area contributed by atoms with E-state index in [4.69, 9.17) is 15.2 Å². The Hall–Kier alpha value is -3.96. The van der Waals surface area contributed by atoms with Crippen molar-refractivity contribution in [2.75, 3.05) is 7.11 Å². The largest absolute Gasteiger partial charge is 0.507 e. The average Bonchev–Trinajstić information content (AvgIpc) is 3.04. The van der Waals surface area contributed by atoms with Gasteiger partial charge in [-0.2, -0.15) is 13.2 Å². The van der Waals surface area contributed by atoms with Crippen LogP contribution in [0.15, 0.2) is 36.4 Å². The van der Waals surface area contributed by atoms with E-state index in [-0.39, 0.29) is 28.6 Å². The molecule has 0 aliphatic carbocycles. The Morgan fingerprint density at radius 3 is 2.48 bits per heavy atom. The molecular weight excluding hydrogens is 397 g/mol. The Bertz CT molecular complexity index is 1080. The van der Waals surface area contributed by atoms with Gasteiger partial charge in [0.25, 0.3) is 0 Å². The lowest BCUT2D eigenvalue weighted by atomic mass is 10.1. The summed E-state index contributed by atoms with van der Waals surface area (Å²) >= 11 is 0. The first-order valence-electron chi connectivity index (χ1n) is 7.82. The number of halogens is 3. The number of alkyl halides is 3. The van der Waals surface area contributed by atoms with Gasteiger partial charge in [-0.25, -0.2) is 9.36 Å². The molecule has 9 nitrogen and oxygen atoms in total. The lowest BCUT2D eigenvalue weighted by Gasteiger charge is -2.14. The third kappa shape index (κ3) is 3.85. The van der Waals surface area contributed by atoms with Gasteiger partial charge >= 0.3 is 18.3 Å². The molecule has 12 heteroatoms. The summed E-state index contributed by atoms with van der Waals surface area (Å²) in [5.41, 5.74) is 3.82. The first-order chi connectivity index (χ1) is 13.6. The highest BCUT2D eigenvalue weighted by Crippen LogP contribution is 2.40. The smallest absolute Gasteiger partial charge is 0.416 e. The van der Waals surface area contributed by atoms with Crippen LogP contribution < -0.4 is 15.2 Å². The quantitative estimate of drug-likeness (QED) is 0.602. The summed E-state index contributed by atoms with van der Waals surface area (Å²) in [4.78, 5) is 11.2. The molecule has 0 aliphatic rings. The van der Waals surface area contributed by atoms with Gasteiger partial charge in [-0.1, -0.05) is 11.2 Å². The van der Waals surface area contributed by atoms with Crippen molar-refractivity contribution < 1.29 is 37.7 Å². The molecule has 3 rings (SSSR count). The van der Waals surface area contributed by atoms with Crippen LogP contribution in [0, 0.1) is 0 Å². The molecule has 0 unspecified atom stereocenters. The number of hydrogen-bond donors (Lipinski definition) is 3. The Morgan fingerprint density at radius 2 is 1.86 bits per heavy atom. The number of carbonyl (C=O) groups is 1. The highest BCUT2D eigenvalue weighted by Gasteiger charge is 2.31. The Kier molecular flexibility index (Phi) is 4.93. The van der Waals surface area contributed by atoms with Gasteiger partial charge in [0.15, 0.2) is 17.3 Å². The van der Waals surface area contributed by atoms with Crippen molar-refractivity contribution in [3.8, 4) is 40.3 Å². The molecule has 152 valence electrons. The summed E-state index contributed by atoms with van der Waals surface area (Å²) in [6.07, 6.45) is -5.91. The van der Waals surface area contributed by atoms with Crippen molar-refractivity contribution >= 4 is 6.09 Å². The van der Waals surface area contributed by atoms with Gasteiger partial charge in [-0.05, 0) is 24.3 Å². The maximum atomic E-state index is 13.1. The van der Waals surface area contributed by atoms with Crippen LogP contribution in [-0.2, 0) is 6.18 Å². The standard InChI is InChI=1S/C17H13F3N4O5/c1-28-13-6-10(11(25)7-12(13)26)14-22-23-16(29-15(21)27)24(14)9-4-2-3-8(5-9)17(18,19)20/h2-7,25-26H,1H3,(H2,21,27). The molecule has 2 aromatic carbocycles. The number of benzene rings is 2. The molecule has 1 heterocycles. The number of primary amides is 1. The van der Waals surface area contributed by atoms with Gasteiger partial charge < -0.3 is 25.4 Å². The van der Waals surface area contributed by atoms with E-state index in [9.17, 15) is 28.2 Å². The lowest BCUT2D eigenvalue weighted by molar-refractivity contribution is -0.137. The van der Waals surface area contributed by atoms with Gasteiger partial charge in [-0.15, -0.1) is 5.10 Å². The number of phenols is 2. The molecule has 0 spiro atoms. The first-order valence-corrected chi connectivity index (χ1v) is 7.82. The predicted molar refractivity (Wildman–Crippen MR) is 91.9 cm³/mol. The first kappa shape index (κ1) is 19.8. The normalized spacial score (nSPS) is 11.3. The van der Waals surface area contributed by atoms with Crippen molar-refractivity contribution in [3.05, 3.63) is 42.0 Å². The monoisotopic (exact) mass is 410 g/mol. The molecule has 3 aromatic rings. The molecule has 0 atom stereocenters. The summed E-state index contributed by atoms with van der Waals surface area (Å²) in [6.45, 7) is 0. The number of nitrogens with two attached hydrogens (primary N) is 1. The van der Waals surface area contributed by atoms with Crippen LogP contribution in [0.3, 0.4) is 0 Å². The molecule has 0 aliphatic heterocycles. The highest BCUT2D eigenvalue weighted by molar-refractivity contribution is 5.72. The fourth-order valence-corrected chi connectivity index (χ4v) is 2.55. The van der Waals surface area contributed by atoms with E-state index < -0.39 is 29.6 Å². The van der Waals surface area contributed by atoms with E-state index in [0.29, 0.717) is 0 Å². The van der Waals surface area contributed by atoms with Crippen molar-refractivity contribution in [1.82, 2.24) is 14.8 Å². The molecule has 0 bridgehead atoms. The molecule has 0 radical (unpaired) electrons. The van der Waals surface area contributed by atoms with Crippen molar-refractivity contribution in [1.29, 1.82) is 0 Å². The van der Waals surface area contributed by atoms with Crippen molar-refractivity contribution in [2.24, 2.45) is 5.73 Å². The number of aromatic hydroxyl groups is 2. The second-order valence-electron chi connectivity index (χ2n) is 5.65. The van der Waals surface area contributed by atoms with E-state index >= 15 is 0 Å². The molecule has 29 heavy (non-hydrogen) atoms. The fraction of sp³-hybridized carbons (Fsp3) is 0.118. The summed E-state index contributed by atoms with van der Waals surface area (Å²) < 4.78 is 50.0. The van der Waals surface area contributed by atoms with Gasteiger partial charge in [-0.3, -0.25) is 0 Å². The molecular formula is C17H13F3N4O5. The van der Waals surface area contributed by atoms with Crippen LogP contribution in [0.5, 0.6) is 23.3 Å². The number of rotatable bonds is 4. The van der Waals surface area contributed by atoms with E-state index in [1.807, 2.05) is 0 Å². The Labute approximate surface area is 160 Å². The van der Waals surface area contributed by atoms with Crippen LogP contribution in [0.25, 0.3) is 17.1 Å². The topological polar surface area (TPSA) is 133 Å². The average molecular weight is 410 g/mol. The number of methoxy groups -OCH3 is 1. The highest BCUT2D eigenvalue weighted by atomic mass is 19.4. The number of ether oxygens (including phenoxy) is 2.